The van der Waals surface area contributed by atoms with Crippen LogP contribution >= 0.6 is 27.3 Å². The van der Waals surface area contributed by atoms with Gasteiger partial charge in [0.15, 0.2) is 5.65 Å². The second-order valence-electron chi connectivity index (χ2n) is 5.00. The SMILES string of the molecule is CC(C)(NCc1cnc2cnc(Br)cn12)c1nccs1. The number of fused-ring (bicyclic) bond motifs is 1. The van der Waals surface area contributed by atoms with Crippen molar-refractivity contribution in [2.75, 3.05) is 0 Å². The number of rotatable bonds is 4. The predicted molar refractivity (Wildman–Crippen MR) is 82.7 cm³/mol. The first-order valence-corrected chi connectivity index (χ1v) is 7.86. The molecule has 0 aliphatic rings. The van der Waals surface area contributed by atoms with Crippen molar-refractivity contribution in [3.05, 3.63) is 45.5 Å². The highest BCUT2D eigenvalue weighted by Gasteiger charge is 2.22. The molecule has 0 bridgehead atoms. The first kappa shape index (κ1) is 13.7. The van der Waals surface area contributed by atoms with Crippen LogP contribution in [-0.2, 0) is 12.1 Å². The summed E-state index contributed by atoms with van der Waals surface area (Å²) in [6.45, 7) is 4.98. The Morgan fingerprint density at radius 2 is 2.15 bits per heavy atom. The van der Waals surface area contributed by atoms with E-state index in [9.17, 15) is 0 Å². The second kappa shape index (κ2) is 5.23. The fraction of sp³-hybridized carbons (Fsp3) is 0.308. The summed E-state index contributed by atoms with van der Waals surface area (Å²) < 4.78 is 2.82. The number of hydrogen-bond acceptors (Lipinski definition) is 5. The van der Waals surface area contributed by atoms with Gasteiger partial charge in [0.1, 0.15) is 9.61 Å². The van der Waals surface area contributed by atoms with Crippen molar-refractivity contribution < 1.29 is 0 Å². The number of imidazole rings is 1. The number of hydrogen-bond donors (Lipinski definition) is 1. The van der Waals surface area contributed by atoms with Crippen LogP contribution in [0.3, 0.4) is 0 Å². The van der Waals surface area contributed by atoms with E-state index < -0.39 is 0 Å². The van der Waals surface area contributed by atoms with E-state index in [0.717, 1.165) is 21.0 Å². The lowest BCUT2D eigenvalue weighted by molar-refractivity contribution is 0.396. The molecule has 3 rings (SSSR count). The lowest BCUT2D eigenvalue weighted by atomic mass is 10.1. The standard InChI is InChI=1S/C13H14BrN5S/c1-13(2,12-15-3-4-20-12)18-6-9-5-17-11-7-16-10(14)8-19(9)11/h3-5,7-8,18H,6H2,1-2H3. The van der Waals surface area contributed by atoms with E-state index >= 15 is 0 Å². The van der Waals surface area contributed by atoms with Gasteiger partial charge >= 0.3 is 0 Å². The maximum absolute atomic E-state index is 4.38. The van der Waals surface area contributed by atoms with Crippen LogP contribution in [0.15, 0.2) is 34.8 Å². The third-order valence-corrected chi connectivity index (χ3v) is 4.63. The van der Waals surface area contributed by atoms with E-state index in [-0.39, 0.29) is 5.54 Å². The van der Waals surface area contributed by atoms with Crippen molar-refractivity contribution in [2.45, 2.75) is 25.9 Å². The summed E-state index contributed by atoms with van der Waals surface area (Å²) in [5, 5.41) is 6.60. The molecular weight excluding hydrogens is 338 g/mol. The Hall–Kier alpha value is -1.31. The van der Waals surface area contributed by atoms with Gasteiger partial charge in [0.2, 0.25) is 0 Å². The highest BCUT2D eigenvalue weighted by atomic mass is 79.9. The number of thiazole rings is 1. The van der Waals surface area contributed by atoms with E-state index in [1.54, 1.807) is 17.5 Å². The second-order valence-corrected chi connectivity index (χ2v) is 6.71. The Kier molecular flexibility index (Phi) is 3.57. The number of halogens is 1. The van der Waals surface area contributed by atoms with E-state index in [0.29, 0.717) is 6.54 Å². The van der Waals surface area contributed by atoms with E-state index in [2.05, 4.69) is 50.0 Å². The van der Waals surface area contributed by atoms with E-state index in [1.165, 1.54) is 0 Å². The van der Waals surface area contributed by atoms with Crippen LogP contribution in [0.25, 0.3) is 5.65 Å². The zero-order chi connectivity index (χ0) is 14.2. The Balaban J connectivity index is 1.82. The van der Waals surface area contributed by atoms with Gasteiger partial charge in [-0.2, -0.15) is 0 Å². The van der Waals surface area contributed by atoms with E-state index in [4.69, 9.17) is 0 Å². The molecule has 0 fully saturated rings. The molecule has 0 unspecified atom stereocenters. The Bertz CT molecular complexity index is 720. The minimum absolute atomic E-state index is 0.164. The Morgan fingerprint density at radius 3 is 2.90 bits per heavy atom. The smallest absolute Gasteiger partial charge is 0.155 e. The molecule has 104 valence electrons. The normalized spacial score (nSPS) is 12.2. The quantitative estimate of drug-likeness (QED) is 0.784. The Labute approximate surface area is 129 Å². The van der Waals surface area contributed by atoms with Gasteiger partial charge in [0, 0.05) is 24.3 Å². The molecule has 1 N–H and O–H groups in total. The lowest BCUT2D eigenvalue weighted by Crippen LogP contribution is -2.36. The Morgan fingerprint density at radius 1 is 1.30 bits per heavy atom. The van der Waals surface area contributed by atoms with Gasteiger partial charge in [-0.25, -0.2) is 15.0 Å². The lowest BCUT2D eigenvalue weighted by Gasteiger charge is -2.23. The van der Waals surface area contributed by atoms with Crippen LogP contribution in [0, 0.1) is 0 Å². The van der Waals surface area contributed by atoms with Crippen LogP contribution < -0.4 is 5.32 Å². The maximum atomic E-state index is 4.38. The monoisotopic (exact) mass is 351 g/mol. The summed E-state index contributed by atoms with van der Waals surface area (Å²) in [4.78, 5) is 12.9. The topological polar surface area (TPSA) is 55.1 Å². The van der Waals surface area contributed by atoms with Gasteiger partial charge in [-0.1, -0.05) is 0 Å². The van der Waals surface area contributed by atoms with Crippen molar-refractivity contribution in [1.29, 1.82) is 0 Å². The molecule has 20 heavy (non-hydrogen) atoms. The molecule has 3 aromatic rings. The van der Waals surface area contributed by atoms with Crippen LogP contribution in [0.4, 0.5) is 0 Å². The molecule has 3 aromatic heterocycles. The van der Waals surface area contributed by atoms with Crippen molar-refractivity contribution in [3.63, 3.8) is 0 Å². The molecule has 0 aliphatic heterocycles. The van der Waals surface area contributed by atoms with Crippen LogP contribution in [0.5, 0.6) is 0 Å². The van der Waals surface area contributed by atoms with Crippen molar-refractivity contribution in [2.24, 2.45) is 0 Å². The maximum Gasteiger partial charge on any atom is 0.155 e. The predicted octanol–water partition coefficient (Wildman–Crippen LogP) is 2.97. The van der Waals surface area contributed by atoms with Crippen LogP contribution in [0.1, 0.15) is 24.5 Å². The molecule has 0 atom stereocenters. The first-order chi connectivity index (χ1) is 9.56. The van der Waals surface area contributed by atoms with Gasteiger partial charge in [0.05, 0.1) is 23.6 Å². The summed E-state index contributed by atoms with van der Waals surface area (Å²) in [5.74, 6) is 0. The zero-order valence-corrected chi connectivity index (χ0v) is 13.6. The van der Waals surface area contributed by atoms with Crippen molar-refractivity contribution >= 4 is 32.9 Å². The summed E-state index contributed by atoms with van der Waals surface area (Å²) in [5.41, 5.74) is 1.77. The molecule has 3 heterocycles. The van der Waals surface area contributed by atoms with Crippen LogP contribution in [0.2, 0.25) is 0 Å². The molecule has 0 aromatic carbocycles. The average molecular weight is 352 g/mol. The molecule has 0 saturated heterocycles. The third kappa shape index (κ3) is 2.61. The number of nitrogens with zero attached hydrogens (tertiary/aromatic N) is 4. The van der Waals surface area contributed by atoms with Crippen molar-refractivity contribution in [3.8, 4) is 0 Å². The van der Waals surface area contributed by atoms with Gasteiger partial charge in [-0.15, -0.1) is 11.3 Å². The fourth-order valence-corrected chi connectivity index (χ4v) is 3.01. The number of aromatic nitrogens is 4. The van der Waals surface area contributed by atoms with Gasteiger partial charge in [0.25, 0.3) is 0 Å². The average Bonchev–Trinajstić information content (AvgIpc) is 3.06. The third-order valence-electron chi connectivity index (χ3n) is 3.12. The summed E-state index contributed by atoms with van der Waals surface area (Å²) in [6, 6.07) is 0. The molecule has 0 spiro atoms. The number of nitrogens with one attached hydrogen (secondary N) is 1. The minimum Gasteiger partial charge on any atom is -0.300 e. The molecule has 0 saturated carbocycles. The highest BCUT2D eigenvalue weighted by Crippen LogP contribution is 2.22. The molecular formula is C13H14BrN5S. The molecule has 0 amide bonds. The largest absolute Gasteiger partial charge is 0.300 e. The van der Waals surface area contributed by atoms with Gasteiger partial charge in [-0.3, -0.25) is 4.40 Å². The molecule has 0 radical (unpaired) electrons. The summed E-state index contributed by atoms with van der Waals surface area (Å²) in [7, 11) is 0. The van der Waals surface area contributed by atoms with E-state index in [1.807, 2.05) is 28.4 Å². The van der Waals surface area contributed by atoms with Crippen LogP contribution in [-0.4, -0.2) is 19.4 Å². The molecule has 7 heteroatoms. The van der Waals surface area contributed by atoms with Crippen molar-refractivity contribution in [1.82, 2.24) is 24.7 Å². The molecule has 0 aliphatic carbocycles. The summed E-state index contributed by atoms with van der Waals surface area (Å²) in [6.07, 6.45) is 7.38. The first-order valence-electron chi connectivity index (χ1n) is 6.19. The van der Waals surface area contributed by atoms with Gasteiger partial charge < -0.3 is 5.32 Å². The molecule has 5 nitrogen and oxygen atoms in total. The summed E-state index contributed by atoms with van der Waals surface area (Å²) >= 11 is 5.04. The minimum atomic E-state index is -0.164. The van der Waals surface area contributed by atoms with Gasteiger partial charge in [-0.05, 0) is 29.8 Å². The zero-order valence-electron chi connectivity index (χ0n) is 11.2. The highest BCUT2D eigenvalue weighted by molar-refractivity contribution is 9.10. The fourth-order valence-electron chi connectivity index (χ4n) is 1.97.